The Balaban J connectivity index is 2.40. The molecule has 2 unspecified atom stereocenters. The molecule has 2 rings (SSSR count). The van der Waals surface area contributed by atoms with E-state index >= 15 is 0 Å². The largest absolute Gasteiger partial charge is 0.280 e. The van der Waals surface area contributed by atoms with E-state index in [-0.39, 0.29) is 10.7 Å². The molecule has 2 atom stereocenters. The van der Waals surface area contributed by atoms with Gasteiger partial charge in [0, 0.05) is 0 Å². The number of halogens is 1. The highest BCUT2D eigenvalue weighted by molar-refractivity contribution is 6.66. The van der Waals surface area contributed by atoms with Crippen molar-refractivity contribution < 1.29 is 4.79 Å². The van der Waals surface area contributed by atoms with Gasteiger partial charge in [-0.25, -0.2) is 0 Å². The van der Waals surface area contributed by atoms with Crippen LogP contribution in [0.2, 0.25) is 0 Å². The molecule has 0 heterocycles. The Morgan fingerprint density at radius 2 is 2.00 bits per heavy atom. The second kappa shape index (κ2) is 2.85. The normalized spacial score (nSPS) is 31.4. The fourth-order valence-electron chi connectivity index (χ4n) is 1.95. The molecule has 0 bridgehead atoms. The van der Waals surface area contributed by atoms with Crippen molar-refractivity contribution in [1.29, 1.82) is 0 Å². The fourth-order valence-corrected chi connectivity index (χ4v) is 2.32. The number of carbonyl (C=O) groups is 1. The second-order valence-corrected chi connectivity index (χ2v) is 4.06. The maximum Gasteiger partial charge on any atom is 0.232 e. The third kappa shape index (κ3) is 1.19. The van der Waals surface area contributed by atoms with E-state index < -0.39 is 0 Å². The first-order valence-corrected chi connectivity index (χ1v) is 4.81. The van der Waals surface area contributed by atoms with E-state index in [1.54, 1.807) is 0 Å². The average molecular weight is 195 g/mol. The first-order chi connectivity index (χ1) is 6.18. The minimum Gasteiger partial charge on any atom is -0.280 e. The predicted molar refractivity (Wildman–Crippen MR) is 52.8 cm³/mol. The highest BCUT2D eigenvalue weighted by Crippen LogP contribution is 2.55. The molecule has 1 aromatic carbocycles. The van der Waals surface area contributed by atoms with E-state index in [0.29, 0.717) is 5.92 Å². The molecular weight excluding hydrogens is 184 g/mol. The molecule has 68 valence electrons. The summed E-state index contributed by atoms with van der Waals surface area (Å²) < 4.78 is 0. The highest BCUT2D eigenvalue weighted by Gasteiger charge is 2.57. The maximum atomic E-state index is 11.3. The molecule has 1 nitrogen and oxygen atoms in total. The van der Waals surface area contributed by atoms with Crippen LogP contribution < -0.4 is 0 Å². The topological polar surface area (TPSA) is 17.1 Å². The lowest BCUT2D eigenvalue weighted by atomic mass is 9.95. The van der Waals surface area contributed by atoms with E-state index in [1.165, 1.54) is 0 Å². The van der Waals surface area contributed by atoms with Crippen LogP contribution >= 0.6 is 11.6 Å². The van der Waals surface area contributed by atoms with Crippen LogP contribution in [0.25, 0.3) is 0 Å². The van der Waals surface area contributed by atoms with Crippen molar-refractivity contribution in [2.45, 2.75) is 18.8 Å². The maximum absolute atomic E-state index is 11.3. The van der Waals surface area contributed by atoms with Gasteiger partial charge in [-0.05, 0) is 29.5 Å². The van der Waals surface area contributed by atoms with Crippen LogP contribution in [0.5, 0.6) is 0 Å². The molecule has 0 spiro atoms. The van der Waals surface area contributed by atoms with Gasteiger partial charge in [0.15, 0.2) is 0 Å². The van der Waals surface area contributed by atoms with Crippen molar-refractivity contribution in [3.63, 3.8) is 0 Å². The minimum absolute atomic E-state index is 0.216. The second-order valence-electron chi connectivity index (χ2n) is 3.72. The monoisotopic (exact) mass is 194 g/mol. The summed E-state index contributed by atoms with van der Waals surface area (Å²) in [6.07, 6.45) is 0.888. The smallest absolute Gasteiger partial charge is 0.232 e. The lowest BCUT2D eigenvalue weighted by Gasteiger charge is -2.10. The summed E-state index contributed by atoms with van der Waals surface area (Å²) in [5, 5.41) is -0.216. The van der Waals surface area contributed by atoms with Crippen LogP contribution in [0.4, 0.5) is 0 Å². The molecule has 13 heavy (non-hydrogen) atoms. The van der Waals surface area contributed by atoms with E-state index in [2.05, 4.69) is 6.92 Å². The zero-order valence-electron chi connectivity index (χ0n) is 7.46. The Morgan fingerprint density at radius 1 is 1.46 bits per heavy atom. The number of hydrogen-bond donors (Lipinski definition) is 0. The van der Waals surface area contributed by atoms with Crippen LogP contribution in [0.15, 0.2) is 30.3 Å². The zero-order valence-corrected chi connectivity index (χ0v) is 8.21. The Labute approximate surface area is 82.7 Å². The summed E-state index contributed by atoms with van der Waals surface area (Å²) in [4.78, 5) is 11.3. The number of hydrogen-bond acceptors (Lipinski definition) is 1. The lowest BCUT2D eigenvalue weighted by Crippen LogP contribution is -2.17. The quantitative estimate of drug-likeness (QED) is 0.662. The zero-order chi connectivity index (χ0) is 9.47. The van der Waals surface area contributed by atoms with Gasteiger partial charge in [-0.3, -0.25) is 4.79 Å². The van der Waals surface area contributed by atoms with Crippen molar-refractivity contribution in [3.8, 4) is 0 Å². The van der Waals surface area contributed by atoms with Gasteiger partial charge in [-0.15, -0.1) is 0 Å². The Bertz CT molecular complexity index is 333. The Kier molecular flexibility index (Phi) is 1.92. The summed E-state index contributed by atoms with van der Waals surface area (Å²) in [5.41, 5.74) is 0.686. The average Bonchev–Trinajstić information content (AvgIpc) is 2.80. The molecule has 2 heteroatoms. The fraction of sp³-hybridized carbons (Fsp3) is 0.364. The molecule has 0 aliphatic heterocycles. The van der Waals surface area contributed by atoms with Crippen LogP contribution in [-0.2, 0) is 10.2 Å². The summed E-state index contributed by atoms with van der Waals surface area (Å²) in [6, 6.07) is 9.79. The molecule has 0 N–H and O–H groups in total. The summed E-state index contributed by atoms with van der Waals surface area (Å²) in [5.74, 6) is 0.389. The molecule has 1 saturated carbocycles. The SMILES string of the molecule is CC1CC1(C(=O)Cl)c1ccccc1. The molecule has 0 amide bonds. The van der Waals surface area contributed by atoms with Crippen molar-refractivity contribution >= 4 is 16.8 Å². The van der Waals surface area contributed by atoms with Crippen molar-refractivity contribution in [1.82, 2.24) is 0 Å². The summed E-state index contributed by atoms with van der Waals surface area (Å²) in [7, 11) is 0. The van der Waals surface area contributed by atoms with Gasteiger partial charge >= 0.3 is 0 Å². The molecule has 1 fully saturated rings. The van der Waals surface area contributed by atoms with Crippen LogP contribution in [0.1, 0.15) is 18.9 Å². The van der Waals surface area contributed by atoms with E-state index in [4.69, 9.17) is 11.6 Å². The first-order valence-electron chi connectivity index (χ1n) is 4.43. The third-order valence-corrected chi connectivity index (χ3v) is 3.29. The van der Waals surface area contributed by atoms with Gasteiger partial charge in [0.2, 0.25) is 5.24 Å². The molecule has 1 aliphatic rings. The first kappa shape index (κ1) is 8.76. The van der Waals surface area contributed by atoms with Crippen LogP contribution in [0.3, 0.4) is 0 Å². The Morgan fingerprint density at radius 3 is 2.38 bits per heavy atom. The van der Waals surface area contributed by atoms with Gasteiger partial charge in [0.25, 0.3) is 0 Å². The molecular formula is C11H11ClO. The van der Waals surface area contributed by atoms with Crippen molar-refractivity contribution in [2.24, 2.45) is 5.92 Å². The predicted octanol–water partition coefficient (Wildman–Crippen LogP) is 2.73. The van der Waals surface area contributed by atoms with Gasteiger partial charge in [-0.2, -0.15) is 0 Å². The molecule has 1 aliphatic carbocycles. The summed E-state index contributed by atoms with van der Waals surface area (Å²) in [6.45, 7) is 2.06. The van der Waals surface area contributed by atoms with Gasteiger partial charge in [0.05, 0.1) is 5.41 Å². The van der Waals surface area contributed by atoms with E-state index in [1.807, 2.05) is 30.3 Å². The standard InChI is InChI=1S/C11H11ClO/c1-8-7-11(8,10(12)13)9-5-3-2-4-6-9/h2-6,8H,7H2,1H3. The number of rotatable bonds is 2. The summed E-state index contributed by atoms with van der Waals surface area (Å²) >= 11 is 5.62. The van der Waals surface area contributed by atoms with Gasteiger partial charge in [-0.1, -0.05) is 37.3 Å². The minimum atomic E-state index is -0.372. The van der Waals surface area contributed by atoms with Gasteiger partial charge < -0.3 is 0 Å². The highest BCUT2D eigenvalue weighted by atomic mass is 35.5. The Hall–Kier alpha value is -0.820. The molecule has 0 aromatic heterocycles. The number of benzene rings is 1. The molecule has 0 saturated heterocycles. The van der Waals surface area contributed by atoms with Gasteiger partial charge in [0.1, 0.15) is 0 Å². The van der Waals surface area contributed by atoms with Crippen molar-refractivity contribution in [3.05, 3.63) is 35.9 Å². The molecule has 0 radical (unpaired) electrons. The van der Waals surface area contributed by atoms with E-state index in [0.717, 1.165) is 12.0 Å². The van der Waals surface area contributed by atoms with Crippen LogP contribution in [0, 0.1) is 5.92 Å². The lowest BCUT2D eigenvalue weighted by molar-refractivity contribution is -0.114. The van der Waals surface area contributed by atoms with E-state index in [9.17, 15) is 4.79 Å². The number of carbonyl (C=O) groups excluding carboxylic acids is 1. The third-order valence-electron chi connectivity index (χ3n) is 2.95. The molecule has 1 aromatic rings. The van der Waals surface area contributed by atoms with Crippen molar-refractivity contribution in [2.75, 3.05) is 0 Å². The van der Waals surface area contributed by atoms with Crippen LogP contribution in [-0.4, -0.2) is 5.24 Å².